The van der Waals surface area contributed by atoms with Crippen molar-refractivity contribution in [2.75, 3.05) is 19.8 Å². The summed E-state index contributed by atoms with van der Waals surface area (Å²) in [5, 5.41) is 10.7. The van der Waals surface area contributed by atoms with E-state index in [-0.39, 0.29) is 13.2 Å². The number of aliphatic hydroxyl groups is 1. The average molecular weight is 350 g/mol. The van der Waals surface area contributed by atoms with Crippen LogP contribution < -0.4 is 5.32 Å². The van der Waals surface area contributed by atoms with Crippen molar-refractivity contribution in [3.05, 3.63) is 12.7 Å². The second kappa shape index (κ2) is 13.7. The Morgan fingerprint density at radius 3 is 2.17 bits per heavy atom. The van der Waals surface area contributed by atoms with Gasteiger partial charge in [0.1, 0.15) is 5.60 Å². The highest BCUT2D eigenvalue weighted by atomic mass is 31.1. The molecule has 1 amide bonds. The predicted molar refractivity (Wildman–Crippen MR) is 97.9 cm³/mol. The van der Waals surface area contributed by atoms with Gasteiger partial charge in [-0.2, -0.15) is 0 Å². The summed E-state index contributed by atoms with van der Waals surface area (Å²) in [5.74, 6) is 0. The Morgan fingerprint density at radius 1 is 1.30 bits per heavy atom. The zero-order valence-electron chi connectivity index (χ0n) is 15.7. The van der Waals surface area contributed by atoms with Crippen LogP contribution in [0.15, 0.2) is 12.7 Å². The molecule has 0 aliphatic carbocycles. The smallest absolute Gasteiger partial charge is 0.407 e. The molecule has 0 aromatic heterocycles. The van der Waals surface area contributed by atoms with Gasteiger partial charge >= 0.3 is 6.09 Å². The van der Waals surface area contributed by atoms with E-state index in [1.54, 1.807) is 26.8 Å². The Morgan fingerprint density at radius 2 is 1.83 bits per heavy atom. The van der Waals surface area contributed by atoms with Crippen LogP contribution in [-0.4, -0.2) is 53.3 Å². The Kier molecular flexibility index (Phi) is 14.7. The molecule has 2 N–H and O–H groups in total. The monoisotopic (exact) mass is 350 g/mol. The minimum atomic E-state index is -0.494. The molecule has 0 spiro atoms. The molecule has 0 aliphatic rings. The van der Waals surface area contributed by atoms with Crippen LogP contribution in [0, 0.1) is 0 Å². The van der Waals surface area contributed by atoms with E-state index in [0.717, 1.165) is 0 Å². The van der Waals surface area contributed by atoms with E-state index in [1.165, 1.54) is 0 Å². The fourth-order valence-corrected chi connectivity index (χ4v) is 2.21. The van der Waals surface area contributed by atoms with Crippen molar-refractivity contribution in [3.63, 3.8) is 0 Å². The molecule has 0 aliphatic heterocycles. The summed E-state index contributed by atoms with van der Waals surface area (Å²) in [6, 6.07) is 1.10. The van der Waals surface area contributed by atoms with Crippen LogP contribution in [0.4, 0.5) is 4.79 Å². The topological polar surface area (TPSA) is 71.0 Å². The van der Waals surface area contributed by atoms with Gasteiger partial charge in [-0.15, -0.1) is 6.58 Å². The third-order valence-corrected chi connectivity index (χ3v) is 3.80. The maximum absolute atomic E-state index is 10.8. The summed E-state index contributed by atoms with van der Waals surface area (Å²) < 4.78 is 12.6. The molecule has 1 atom stereocenters. The summed E-state index contributed by atoms with van der Waals surface area (Å²) in [6.45, 7) is 18.5. The van der Waals surface area contributed by atoms with E-state index in [4.69, 9.17) is 14.4 Å². The van der Waals surface area contributed by atoms with Gasteiger partial charge in [-0.25, -0.2) is 4.79 Å². The first-order valence-corrected chi connectivity index (χ1v) is 8.75. The van der Waals surface area contributed by atoms with Crippen molar-refractivity contribution in [2.24, 2.45) is 0 Å². The molecule has 0 aromatic carbocycles. The molecule has 0 heterocycles. The fourth-order valence-electron chi connectivity index (χ4n) is 1.45. The lowest BCUT2D eigenvalue weighted by atomic mass is 10.2. The number of ether oxygens (including phenoxy) is 1. The van der Waals surface area contributed by atoms with E-state index >= 15 is 0 Å². The van der Waals surface area contributed by atoms with Crippen molar-refractivity contribution < 1.29 is 19.2 Å². The van der Waals surface area contributed by atoms with Gasteiger partial charge in [0, 0.05) is 18.6 Å². The van der Waals surface area contributed by atoms with Crippen molar-refractivity contribution in [2.45, 2.75) is 66.2 Å². The molecule has 6 nitrogen and oxygen atoms in total. The summed E-state index contributed by atoms with van der Waals surface area (Å²) in [7, 11) is 0.453. The largest absolute Gasteiger partial charge is 0.444 e. The number of rotatable bonds is 8. The van der Waals surface area contributed by atoms with Gasteiger partial charge in [0.05, 0.1) is 22.2 Å². The van der Waals surface area contributed by atoms with Crippen molar-refractivity contribution in [3.8, 4) is 0 Å². The Hall–Kier alpha value is -0.680. The highest BCUT2D eigenvalue weighted by molar-refractivity contribution is 7.29. The lowest BCUT2D eigenvalue weighted by Gasteiger charge is -2.28. The van der Waals surface area contributed by atoms with Gasteiger partial charge in [-0.3, -0.25) is 4.67 Å². The molecule has 0 bridgehead atoms. The molecule has 0 radical (unpaired) electrons. The SMILES string of the molecule is C=CCOPN(C(C)C)C(C)C.CC(C)(C)OC(=O)NCCO. The molecule has 0 fully saturated rings. The van der Waals surface area contributed by atoms with E-state index < -0.39 is 11.7 Å². The Bertz CT molecular complexity index is 310. The second-order valence-electron chi connectivity index (χ2n) is 6.44. The Balaban J connectivity index is 0. The number of alkyl carbamates (subject to hydrolysis) is 1. The minimum absolute atomic E-state index is 0.0702. The number of nitrogens with zero attached hydrogens (tertiary/aromatic N) is 1. The summed E-state index contributed by atoms with van der Waals surface area (Å²) in [5.41, 5.74) is -0.473. The predicted octanol–water partition coefficient (Wildman–Crippen LogP) is 3.32. The van der Waals surface area contributed by atoms with E-state index in [0.29, 0.717) is 27.6 Å². The van der Waals surface area contributed by atoms with Crippen LogP contribution in [0.2, 0.25) is 0 Å². The molecule has 23 heavy (non-hydrogen) atoms. The minimum Gasteiger partial charge on any atom is -0.444 e. The molecular formula is C16H35N2O4P. The number of carbonyl (C=O) groups excluding carboxylic acids is 1. The van der Waals surface area contributed by atoms with Gasteiger partial charge in [0.2, 0.25) is 0 Å². The van der Waals surface area contributed by atoms with Crippen LogP contribution in [0.1, 0.15) is 48.5 Å². The van der Waals surface area contributed by atoms with Crippen LogP contribution in [0.25, 0.3) is 0 Å². The van der Waals surface area contributed by atoms with Gasteiger partial charge in [0.15, 0.2) is 0 Å². The molecule has 138 valence electrons. The lowest BCUT2D eigenvalue weighted by molar-refractivity contribution is 0.0518. The van der Waals surface area contributed by atoms with E-state index in [2.05, 4.69) is 44.3 Å². The van der Waals surface area contributed by atoms with Gasteiger partial charge < -0.3 is 19.7 Å². The summed E-state index contributed by atoms with van der Waals surface area (Å²) in [4.78, 5) is 10.8. The van der Waals surface area contributed by atoms with Gasteiger partial charge in [-0.05, 0) is 48.5 Å². The van der Waals surface area contributed by atoms with Crippen molar-refractivity contribution in [1.82, 2.24) is 9.99 Å². The van der Waals surface area contributed by atoms with Crippen LogP contribution in [0.5, 0.6) is 0 Å². The van der Waals surface area contributed by atoms with E-state index in [1.807, 2.05) is 0 Å². The van der Waals surface area contributed by atoms with Gasteiger partial charge in [-0.1, -0.05) is 6.08 Å². The molecule has 0 aromatic rings. The number of amides is 1. The normalized spacial score (nSPS) is 11.8. The third kappa shape index (κ3) is 17.5. The zero-order chi connectivity index (χ0) is 18.5. The average Bonchev–Trinajstić information content (AvgIpc) is 2.39. The van der Waals surface area contributed by atoms with Crippen LogP contribution in [0.3, 0.4) is 0 Å². The second-order valence-corrected chi connectivity index (χ2v) is 7.43. The molecule has 1 unspecified atom stereocenters. The van der Waals surface area contributed by atoms with Crippen LogP contribution in [-0.2, 0) is 9.26 Å². The first-order chi connectivity index (χ1) is 10.5. The third-order valence-electron chi connectivity index (χ3n) is 2.26. The van der Waals surface area contributed by atoms with Gasteiger partial charge in [0.25, 0.3) is 0 Å². The number of hydrogen-bond acceptors (Lipinski definition) is 5. The molecule has 0 saturated heterocycles. The quantitative estimate of drug-likeness (QED) is 0.399. The highest BCUT2D eigenvalue weighted by Crippen LogP contribution is 2.25. The fraction of sp³-hybridized carbons (Fsp3) is 0.812. The summed E-state index contributed by atoms with van der Waals surface area (Å²) in [6.07, 6.45) is 1.29. The lowest BCUT2D eigenvalue weighted by Crippen LogP contribution is -2.33. The number of carbonyl (C=O) groups is 1. The van der Waals surface area contributed by atoms with Crippen molar-refractivity contribution in [1.29, 1.82) is 0 Å². The van der Waals surface area contributed by atoms with Crippen LogP contribution >= 0.6 is 8.96 Å². The first kappa shape index (κ1) is 24.6. The van der Waals surface area contributed by atoms with Crippen molar-refractivity contribution >= 4 is 15.1 Å². The summed E-state index contributed by atoms with van der Waals surface area (Å²) >= 11 is 0. The first-order valence-electron chi connectivity index (χ1n) is 7.89. The zero-order valence-corrected chi connectivity index (χ0v) is 16.7. The molecule has 0 saturated carbocycles. The number of nitrogens with one attached hydrogen (secondary N) is 1. The highest BCUT2D eigenvalue weighted by Gasteiger charge is 2.15. The molecular weight excluding hydrogens is 315 g/mol. The number of aliphatic hydroxyl groups excluding tert-OH is 1. The standard InChI is InChI=1S/C9H20NOP.C7H15NO3/c1-6-7-11-12-10(8(2)3)9(4)5;1-7(2,3)11-6(10)8-4-5-9/h6,8-9,12H,1,7H2,2-5H3;9H,4-5H2,1-3H3,(H,8,10). The van der Waals surface area contributed by atoms with E-state index in [9.17, 15) is 4.79 Å². The molecule has 0 rings (SSSR count). The maximum atomic E-state index is 10.8. The number of hydrogen-bond donors (Lipinski definition) is 2. The molecule has 7 heteroatoms. The maximum Gasteiger partial charge on any atom is 0.407 e. The Labute approximate surface area is 143 Å².